The predicted molar refractivity (Wildman–Crippen MR) is 118 cm³/mol. The topological polar surface area (TPSA) is 100 Å². The number of hydrogen-bond acceptors (Lipinski definition) is 6. The number of fused-ring (bicyclic) bond motifs is 1. The fraction of sp³-hybridized carbons (Fsp3) is 0.591. The number of halogens is 1. The summed E-state index contributed by atoms with van der Waals surface area (Å²) in [5.41, 5.74) is 0.351. The lowest BCUT2D eigenvalue weighted by atomic mass is 9.87. The average Bonchev–Trinajstić information content (AvgIpc) is 3.54. The second-order valence-corrected chi connectivity index (χ2v) is 8.82. The van der Waals surface area contributed by atoms with E-state index in [0.717, 1.165) is 19.3 Å². The molecule has 166 valence electrons. The second kappa shape index (κ2) is 8.00. The van der Waals surface area contributed by atoms with Gasteiger partial charge in [0.05, 0.1) is 22.7 Å². The first-order chi connectivity index (χ1) is 14.8. The second-order valence-electron chi connectivity index (χ2n) is 8.82. The van der Waals surface area contributed by atoms with Gasteiger partial charge >= 0.3 is 5.69 Å². The van der Waals surface area contributed by atoms with Gasteiger partial charge in [0.15, 0.2) is 0 Å². The van der Waals surface area contributed by atoms with Gasteiger partial charge < -0.3 is 15.6 Å². The molecule has 4 rings (SSSR count). The zero-order valence-corrected chi connectivity index (χ0v) is 18.3. The lowest BCUT2D eigenvalue weighted by Crippen LogP contribution is -2.56. The first kappa shape index (κ1) is 21.4. The Balaban J connectivity index is 1.70. The summed E-state index contributed by atoms with van der Waals surface area (Å²) >= 11 is 0. The number of nitriles is 1. The Kier molecular flexibility index (Phi) is 5.52. The number of benzene rings is 1. The third-order valence-corrected chi connectivity index (χ3v) is 6.81. The quantitative estimate of drug-likeness (QED) is 0.674. The molecule has 9 heteroatoms. The van der Waals surface area contributed by atoms with Crippen LogP contribution >= 0.6 is 0 Å². The van der Waals surface area contributed by atoms with Crippen LogP contribution in [-0.2, 0) is 0 Å². The van der Waals surface area contributed by atoms with Crippen LogP contribution in [0.5, 0.6) is 0 Å². The van der Waals surface area contributed by atoms with Gasteiger partial charge in [-0.3, -0.25) is 9.36 Å². The van der Waals surface area contributed by atoms with Crippen molar-refractivity contribution in [2.45, 2.75) is 51.6 Å². The number of nitrogens with two attached hydrogens (primary N) is 1. The standard InChI is InChI=1S/C22H29FN6O2/c1-4-18(26(3)9-5-8-24)14-11-27(12-14)20-13(2)19-16(10-17(20)23)21(30)29(25)22(31)28(19)15-6-7-15/h10,14-15,18H,4-7,9,11-12,25H2,1-3H3. The third kappa shape index (κ3) is 3.49. The SMILES string of the molecule is CCC(C1CN(c2c(F)cc3c(=O)n(N)c(=O)n(C4CC4)c3c2C)C1)N(C)CCC#N. The molecule has 2 heterocycles. The molecule has 1 unspecified atom stereocenters. The van der Waals surface area contributed by atoms with Crippen molar-refractivity contribution in [1.82, 2.24) is 14.1 Å². The zero-order valence-electron chi connectivity index (χ0n) is 18.3. The number of nitrogen functional groups attached to an aromatic ring is 1. The van der Waals surface area contributed by atoms with E-state index in [1.165, 1.54) is 6.07 Å². The minimum atomic E-state index is -0.669. The van der Waals surface area contributed by atoms with E-state index in [1.807, 2.05) is 11.9 Å². The van der Waals surface area contributed by atoms with Crippen molar-refractivity contribution in [2.75, 3.05) is 37.4 Å². The molecule has 1 aliphatic heterocycles. The highest BCUT2D eigenvalue weighted by Gasteiger charge is 2.37. The Labute approximate surface area is 180 Å². The largest absolute Gasteiger partial charge is 0.368 e. The highest BCUT2D eigenvalue weighted by molar-refractivity contribution is 5.87. The van der Waals surface area contributed by atoms with Crippen molar-refractivity contribution in [3.8, 4) is 6.07 Å². The highest BCUT2D eigenvalue weighted by atomic mass is 19.1. The molecule has 2 aliphatic rings. The summed E-state index contributed by atoms with van der Waals surface area (Å²) in [6, 6.07) is 3.74. The van der Waals surface area contributed by atoms with Gasteiger partial charge in [0.25, 0.3) is 5.56 Å². The molecule has 0 radical (unpaired) electrons. The van der Waals surface area contributed by atoms with Gasteiger partial charge in [0, 0.05) is 49.6 Å². The van der Waals surface area contributed by atoms with Crippen LogP contribution in [0, 0.1) is 30.0 Å². The van der Waals surface area contributed by atoms with Crippen molar-refractivity contribution in [2.24, 2.45) is 5.92 Å². The van der Waals surface area contributed by atoms with Crippen LogP contribution in [0.3, 0.4) is 0 Å². The lowest BCUT2D eigenvalue weighted by Gasteiger charge is -2.47. The maximum atomic E-state index is 15.2. The van der Waals surface area contributed by atoms with Crippen molar-refractivity contribution in [3.63, 3.8) is 0 Å². The highest BCUT2D eigenvalue weighted by Crippen LogP contribution is 2.40. The zero-order chi connectivity index (χ0) is 22.4. The van der Waals surface area contributed by atoms with Crippen molar-refractivity contribution < 1.29 is 4.39 Å². The number of rotatable bonds is 7. The number of nitrogens with zero attached hydrogens (tertiary/aromatic N) is 5. The van der Waals surface area contributed by atoms with Crippen molar-refractivity contribution in [3.05, 3.63) is 38.3 Å². The summed E-state index contributed by atoms with van der Waals surface area (Å²) in [6.07, 6.45) is 3.13. The number of aromatic nitrogens is 2. The summed E-state index contributed by atoms with van der Waals surface area (Å²) in [5.74, 6) is 5.59. The lowest BCUT2D eigenvalue weighted by molar-refractivity contribution is 0.149. The molecular weight excluding hydrogens is 399 g/mol. The molecule has 0 bridgehead atoms. The molecule has 1 atom stereocenters. The number of aryl methyl sites for hydroxylation is 1. The molecule has 1 saturated carbocycles. The molecule has 1 aliphatic carbocycles. The average molecular weight is 429 g/mol. The van der Waals surface area contributed by atoms with Gasteiger partial charge in [-0.25, -0.2) is 9.18 Å². The Morgan fingerprint density at radius 2 is 2.03 bits per heavy atom. The normalized spacial score (nSPS) is 17.7. The minimum Gasteiger partial charge on any atom is -0.368 e. The molecule has 1 aromatic heterocycles. The van der Waals surface area contributed by atoms with E-state index in [9.17, 15) is 9.59 Å². The van der Waals surface area contributed by atoms with E-state index in [4.69, 9.17) is 11.1 Å². The summed E-state index contributed by atoms with van der Waals surface area (Å²) in [4.78, 5) is 29.5. The van der Waals surface area contributed by atoms with Crippen LogP contribution < -0.4 is 22.0 Å². The maximum Gasteiger partial charge on any atom is 0.350 e. The fourth-order valence-electron chi connectivity index (χ4n) is 5.05. The Bertz CT molecular complexity index is 1170. The van der Waals surface area contributed by atoms with Gasteiger partial charge in [-0.2, -0.15) is 9.94 Å². The number of anilines is 1. The van der Waals surface area contributed by atoms with E-state index in [-0.39, 0.29) is 11.4 Å². The third-order valence-electron chi connectivity index (χ3n) is 6.81. The molecule has 2 N–H and O–H groups in total. The van der Waals surface area contributed by atoms with Crippen LogP contribution in [0.15, 0.2) is 15.7 Å². The van der Waals surface area contributed by atoms with Crippen LogP contribution in [0.2, 0.25) is 0 Å². The summed E-state index contributed by atoms with van der Waals surface area (Å²) in [5, 5.41) is 9.00. The van der Waals surface area contributed by atoms with Gasteiger partial charge in [-0.05, 0) is 39.3 Å². The van der Waals surface area contributed by atoms with E-state index in [0.29, 0.717) is 59.5 Å². The van der Waals surface area contributed by atoms with Gasteiger partial charge in [-0.1, -0.05) is 6.92 Å². The molecular formula is C22H29FN6O2. The van der Waals surface area contributed by atoms with Gasteiger partial charge in [-0.15, -0.1) is 0 Å². The Morgan fingerprint density at radius 3 is 2.61 bits per heavy atom. The molecule has 2 fully saturated rings. The van der Waals surface area contributed by atoms with Gasteiger partial charge in [0.2, 0.25) is 0 Å². The summed E-state index contributed by atoms with van der Waals surface area (Å²) < 4.78 is 17.3. The van der Waals surface area contributed by atoms with E-state index >= 15 is 4.39 Å². The summed E-state index contributed by atoms with van der Waals surface area (Å²) in [6.45, 7) is 6.02. The molecule has 1 saturated heterocycles. The first-order valence-electron chi connectivity index (χ1n) is 10.9. The van der Waals surface area contributed by atoms with E-state index < -0.39 is 17.1 Å². The number of hydrogen-bond donors (Lipinski definition) is 1. The van der Waals surface area contributed by atoms with Crippen LogP contribution in [0.1, 0.15) is 44.2 Å². The Hall–Kier alpha value is -2.86. The van der Waals surface area contributed by atoms with Gasteiger partial charge in [0.1, 0.15) is 5.82 Å². The van der Waals surface area contributed by atoms with Crippen molar-refractivity contribution >= 4 is 16.6 Å². The van der Waals surface area contributed by atoms with Crippen molar-refractivity contribution in [1.29, 1.82) is 5.26 Å². The summed E-state index contributed by atoms with van der Waals surface area (Å²) in [7, 11) is 2.03. The maximum absolute atomic E-state index is 15.2. The van der Waals surface area contributed by atoms with E-state index in [1.54, 1.807) is 11.5 Å². The first-order valence-corrected chi connectivity index (χ1v) is 10.9. The van der Waals surface area contributed by atoms with E-state index in [2.05, 4.69) is 17.9 Å². The predicted octanol–water partition coefficient (Wildman–Crippen LogP) is 1.72. The molecule has 2 aromatic rings. The van der Waals surface area contributed by atoms with Crippen LogP contribution in [0.4, 0.5) is 10.1 Å². The molecule has 0 amide bonds. The Morgan fingerprint density at radius 1 is 1.35 bits per heavy atom. The molecule has 8 nitrogen and oxygen atoms in total. The smallest absolute Gasteiger partial charge is 0.350 e. The molecule has 1 aromatic carbocycles. The minimum absolute atomic E-state index is 0.00445. The van der Waals surface area contributed by atoms with Crippen LogP contribution in [0.25, 0.3) is 10.9 Å². The van der Waals surface area contributed by atoms with Crippen LogP contribution in [-0.4, -0.2) is 46.9 Å². The molecule has 0 spiro atoms. The fourth-order valence-corrected chi connectivity index (χ4v) is 5.05. The molecule has 31 heavy (non-hydrogen) atoms. The monoisotopic (exact) mass is 428 g/mol.